The van der Waals surface area contributed by atoms with Crippen molar-refractivity contribution in [3.8, 4) is 5.75 Å². The zero-order valence-electron chi connectivity index (χ0n) is 22.8. The Morgan fingerprint density at radius 3 is 2.52 bits per heavy atom. The van der Waals surface area contributed by atoms with Crippen LogP contribution in [0.4, 0.5) is 47.4 Å². The smallest absolute Gasteiger partial charge is 0.419 e. The first-order chi connectivity index (χ1) is 20.3. The average Bonchev–Trinajstić information content (AvgIpc) is 3.00. The van der Waals surface area contributed by atoms with E-state index in [9.17, 15) is 18.0 Å². The Balaban J connectivity index is 1.22. The van der Waals surface area contributed by atoms with Crippen LogP contribution in [0.25, 0.3) is 0 Å². The Morgan fingerprint density at radius 2 is 1.74 bits per heavy atom. The maximum Gasteiger partial charge on any atom is 0.419 e. The van der Waals surface area contributed by atoms with Crippen LogP contribution in [0.3, 0.4) is 0 Å². The van der Waals surface area contributed by atoms with E-state index >= 15 is 0 Å². The van der Waals surface area contributed by atoms with Gasteiger partial charge >= 0.3 is 6.18 Å². The van der Waals surface area contributed by atoms with Crippen molar-refractivity contribution in [1.82, 2.24) is 10.3 Å². The van der Waals surface area contributed by atoms with E-state index < -0.39 is 17.6 Å². The largest absolute Gasteiger partial charge is 0.489 e. The number of hydrogen-bond acceptors (Lipinski definition) is 7. The van der Waals surface area contributed by atoms with Gasteiger partial charge in [0.2, 0.25) is 0 Å². The molecule has 0 bridgehead atoms. The maximum absolute atomic E-state index is 13.9. The standard InChI is InChI=1S/C31H29F3N6O2/c1-35-30(41)23-9-5-6-10-25(23)38-26-16-29(36-17-24(26)31(32,33)34)37-20-11-12-27-28(15-20)42-19-22-18-39(13-14-40(22)27)21-7-3-2-4-8-21/h2-12,15-17,22H,13-14,18-19H2,1H3,(H,35,41)(H2,36,37,38). The molecule has 2 aliphatic heterocycles. The quantitative estimate of drug-likeness (QED) is 0.259. The predicted octanol–water partition coefficient (Wildman–Crippen LogP) is 6.03. The minimum atomic E-state index is -4.66. The number of pyridine rings is 1. The molecule has 6 rings (SSSR count). The first-order valence-electron chi connectivity index (χ1n) is 13.6. The van der Waals surface area contributed by atoms with Gasteiger partial charge in [0, 0.05) is 56.4 Å². The van der Waals surface area contributed by atoms with Gasteiger partial charge in [-0.1, -0.05) is 30.3 Å². The molecule has 3 aromatic carbocycles. The van der Waals surface area contributed by atoms with Crippen molar-refractivity contribution in [1.29, 1.82) is 0 Å². The second-order valence-corrected chi connectivity index (χ2v) is 10.1. The van der Waals surface area contributed by atoms with Gasteiger partial charge in [0.15, 0.2) is 0 Å². The number of fused-ring (bicyclic) bond motifs is 3. The molecule has 216 valence electrons. The van der Waals surface area contributed by atoms with E-state index in [-0.39, 0.29) is 28.8 Å². The number of halogens is 3. The second-order valence-electron chi connectivity index (χ2n) is 10.1. The minimum Gasteiger partial charge on any atom is -0.489 e. The van der Waals surface area contributed by atoms with Crippen molar-refractivity contribution in [3.63, 3.8) is 0 Å². The van der Waals surface area contributed by atoms with E-state index in [0.717, 1.165) is 31.5 Å². The van der Waals surface area contributed by atoms with Crippen LogP contribution in [0.5, 0.6) is 5.75 Å². The number of nitrogens with one attached hydrogen (secondary N) is 3. The van der Waals surface area contributed by atoms with Gasteiger partial charge in [-0.2, -0.15) is 13.2 Å². The van der Waals surface area contributed by atoms with E-state index in [4.69, 9.17) is 4.74 Å². The molecule has 1 atom stereocenters. The molecule has 0 aliphatic carbocycles. The van der Waals surface area contributed by atoms with Gasteiger partial charge in [0.25, 0.3) is 5.91 Å². The highest BCUT2D eigenvalue weighted by Gasteiger charge is 2.35. The fourth-order valence-electron chi connectivity index (χ4n) is 5.39. The summed E-state index contributed by atoms with van der Waals surface area (Å²) >= 11 is 0. The third kappa shape index (κ3) is 5.50. The van der Waals surface area contributed by atoms with E-state index in [1.807, 2.05) is 36.4 Å². The lowest BCUT2D eigenvalue weighted by Crippen LogP contribution is -2.57. The molecule has 4 aromatic rings. The zero-order valence-corrected chi connectivity index (χ0v) is 22.8. The monoisotopic (exact) mass is 574 g/mol. The number of aromatic nitrogens is 1. The van der Waals surface area contributed by atoms with Crippen LogP contribution in [0.15, 0.2) is 85.1 Å². The molecule has 1 saturated heterocycles. The Kier molecular flexibility index (Phi) is 7.24. The molecular formula is C31H29F3N6O2. The fourth-order valence-corrected chi connectivity index (χ4v) is 5.39. The van der Waals surface area contributed by atoms with Crippen LogP contribution in [-0.2, 0) is 6.18 Å². The average molecular weight is 575 g/mol. The van der Waals surface area contributed by atoms with Crippen LogP contribution in [0.1, 0.15) is 15.9 Å². The van der Waals surface area contributed by atoms with Crippen LogP contribution < -0.4 is 30.5 Å². The molecule has 11 heteroatoms. The fraction of sp³-hybridized carbons (Fsp3) is 0.226. The molecule has 0 radical (unpaired) electrons. The molecule has 1 aromatic heterocycles. The SMILES string of the molecule is CNC(=O)c1ccccc1Nc1cc(Nc2ccc3c(c2)OCC2CN(c4ccccc4)CCN32)ncc1C(F)(F)F. The summed E-state index contributed by atoms with van der Waals surface area (Å²) in [6.45, 7) is 3.10. The molecule has 42 heavy (non-hydrogen) atoms. The number of amides is 1. The number of ether oxygens (including phenoxy) is 1. The summed E-state index contributed by atoms with van der Waals surface area (Å²) in [5.41, 5.74) is 2.08. The van der Waals surface area contributed by atoms with Crippen molar-refractivity contribution >= 4 is 40.2 Å². The summed E-state index contributed by atoms with van der Waals surface area (Å²) in [6.07, 6.45) is -3.88. The lowest BCUT2D eigenvalue weighted by Gasteiger charge is -2.46. The van der Waals surface area contributed by atoms with Gasteiger partial charge in [0.05, 0.1) is 34.2 Å². The molecule has 3 heterocycles. The van der Waals surface area contributed by atoms with Crippen LogP contribution in [-0.4, -0.2) is 50.2 Å². The lowest BCUT2D eigenvalue weighted by atomic mass is 10.1. The number of hydrogen-bond donors (Lipinski definition) is 3. The number of anilines is 6. The summed E-state index contributed by atoms with van der Waals surface area (Å²) < 4.78 is 47.8. The highest BCUT2D eigenvalue weighted by atomic mass is 19.4. The van der Waals surface area contributed by atoms with E-state index in [2.05, 4.69) is 42.9 Å². The zero-order chi connectivity index (χ0) is 29.3. The molecule has 3 N–H and O–H groups in total. The number of rotatable bonds is 6. The molecule has 1 fully saturated rings. The third-order valence-corrected chi connectivity index (χ3v) is 7.45. The molecule has 2 aliphatic rings. The van der Waals surface area contributed by atoms with E-state index in [1.165, 1.54) is 24.9 Å². The number of para-hydroxylation sites is 2. The Labute approximate surface area is 241 Å². The Hall–Kier alpha value is -4.93. The van der Waals surface area contributed by atoms with Crippen molar-refractivity contribution < 1.29 is 22.7 Å². The summed E-state index contributed by atoms with van der Waals surface area (Å²) in [4.78, 5) is 21.0. The maximum atomic E-state index is 13.9. The number of alkyl halides is 3. The Morgan fingerprint density at radius 1 is 0.952 bits per heavy atom. The number of carbonyl (C=O) groups excluding carboxylic acids is 1. The van der Waals surface area contributed by atoms with Crippen LogP contribution in [0.2, 0.25) is 0 Å². The third-order valence-electron chi connectivity index (χ3n) is 7.45. The molecule has 8 nitrogen and oxygen atoms in total. The topological polar surface area (TPSA) is 81.8 Å². The predicted molar refractivity (Wildman–Crippen MR) is 157 cm³/mol. The normalized spacial score (nSPS) is 16.1. The van der Waals surface area contributed by atoms with Gasteiger partial charge in [-0.25, -0.2) is 4.98 Å². The van der Waals surface area contributed by atoms with Gasteiger partial charge < -0.3 is 30.5 Å². The molecule has 0 spiro atoms. The van der Waals surface area contributed by atoms with Gasteiger partial charge in [-0.15, -0.1) is 0 Å². The highest BCUT2D eigenvalue weighted by molar-refractivity contribution is 6.00. The van der Waals surface area contributed by atoms with Crippen molar-refractivity contribution in [3.05, 3.63) is 96.2 Å². The summed E-state index contributed by atoms with van der Waals surface area (Å²) in [5.74, 6) is 0.485. The first-order valence-corrected chi connectivity index (χ1v) is 13.6. The number of nitrogens with zero attached hydrogens (tertiary/aromatic N) is 3. The van der Waals surface area contributed by atoms with Crippen molar-refractivity contribution in [2.45, 2.75) is 12.2 Å². The van der Waals surface area contributed by atoms with Gasteiger partial charge in [-0.3, -0.25) is 4.79 Å². The van der Waals surface area contributed by atoms with Gasteiger partial charge in [0.1, 0.15) is 18.2 Å². The number of carbonyl (C=O) groups is 1. The molecular weight excluding hydrogens is 545 g/mol. The summed E-state index contributed by atoms with van der Waals surface area (Å²) in [6, 6.07) is 23.8. The lowest BCUT2D eigenvalue weighted by molar-refractivity contribution is -0.137. The number of piperazine rings is 1. The molecule has 1 unspecified atom stereocenters. The minimum absolute atomic E-state index is 0.202. The van der Waals surface area contributed by atoms with Crippen LogP contribution in [0, 0.1) is 0 Å². The summed E-state index contributed by atoms with van der Waals surface area (Å²) in [5, 5.41) is 8.40. The van der Waals surface area contributed by atoms with Crippen LogP contribution >= 0.6 is 0 Å². The van der Waals surface area contributed by atoms with E-state index in [1.54, 1.807) is 18.2 Å². The second kappa shape index (κ2) is 11.2. The Bertz CT molecular complexity index is 1600. The first kappa shape index (κ1) is 27.3. The highest BCUT2D eigenvalue weighted by Crippen LogP contribution is 2.40. The van der Waals surface area contributed by atoms with Crippen molar-refractivity contribution in [2.75, 3.05) is 53.7 Å². The van der Waals surface area contributed by atoms with Crippen molar-refractivity contribution in [2.24, 2.45) is 0 Å². The molecule has 1 amide bonds. The summed E-state index contributed by atoms with van der Waals surface area (Å²) in [7, 11) is 1.46. The molecule has 0 saturated carbocycles. The number of benzene rings is 3. The van der Waals surface area contributed by atoms with Gasteiger partial charge in [-0.05, 0) is 36.4 Å². The van der Waals surface area contributed by atoms with E-state index in [0.29, 0.717) is 18.0 Å².